The molecule has 8 heteroatoms. The number of nitrogens with one attached hydrogen (secondary N) is 1. The van der Waals surface area contributed by atoms with Crippen LogP contribution in [0.5, 0.6) is 0 Å². The van der Waals surface area contributed by atoms with E-state index in [1.54, 1.807) is 4.90 Å². The molecule has 26 heavy (non-hydrogen) atoms. The number of likely N-dealkylation sites (tertiary alicyclic amines) is 1. The average molecular weight is 379 g/mol. The standard InChI is InChI=1S/C18H19F2N3O2S/c1-10-16(13-3-4-14(19)15(20)9-13)21-18(26-10)22-17(25)12-5-7-23(8-6-12)11(2)24/h3-4,9,12H,5-8H2,1-2H3,(H,21,22,25). The van der Waals surface area contributed by atoms with E-state index >= 15 is 0 Å². The lowest BCUT2D eigenvalue weighted by molar-refractivity contribution is -0.132. The molecule has 0 atom stereocenters. The zero-order chi connectivity index (χ0) is 18.8. The third kappa shape index (κ3) is 3.90. The molecule has 138 valence electrons. The Hall–Kier alpha value is -2.35. The molecule has 2 heterocycles. The van der Waals surface area contributed by atoms with Gasteiger partial charge in [0.25, 0.3) is 0 Å². The van der Waals surface area contributed by atoms with Crippen LogP contribution in [0.1, 0.15) is 24.6 Å². The Morgan fingerprint density at radius 2 is 1.92 bits per heavy atom. The first-order valence-electron chi connectivity index (χ1n) is 8.34. The number of hydrogen-bond donors (Lipinski definition) is 1. The Morgan fingerprint density at radius 1 is 1.23 bits per heavy atom. The third-order valence-corrected chi connectivity index (χ3v) is 5.42. The monoisotopic (exact) mass is 379 g/mol. The molecule has 0 saturated carbocycles. The number of amides is 2. The molecule has 1 aliphatic heterocycles. The van der Waals surface area contributed by atoms with Crippen LogP contribution < -0.4 is 5.32 Å². The second-order valence-corrected chi connectivity index (χ2v) is 7.53. The highest BCUT2D eigenvalue weighted by atomic mass is 32.1. The van der Waals surface area contributed by atoms with Crippen molar-refractivity contribution in [2.75, 3.05) is 18.4 Å². The van der Waals surface area contributed by atoms with Crippen molar-refractivity contribution in [2.45, 2.75) is 26.7 Å². The SMILES string of the molecule is CC(=O)N1CCC(C(=O)Nc2nc(-c3ccc(F)c(F)c3)c(C)s2)CC1. The van der Waals surface area contributed by atoms with Crippen molar-refractivity contribution in [2.24, 2.45) is 5.92 Å². The summed E-state index contributed by atoms with van der Waals surface area (Å²) in [6.45, 7) is 4.49. The fraction of sp³-hybridized carbons (Fsp3) is 0.389. The van der Waals surface area contributed by atoms with Crippen molar-refractivity contribution >= 4 is 28.3 Å². The van der Waals surface area contributed by atoms with E-state index in [1.165, 1.54) is 24.3 Å². The van der Waals surface area contributed by atoms with Gasteiger partial charge in [0.15, 0.2) is 16.8 Å². The van der Waals surface area contributed by atoms with Crippen molar-refractivity contribution in [3.63, 3.8) is 0 Å². The summed E-state index contributed by atoms with van der Waals surface area (Å²) >= 11 is 1.29. The van der Waals surface area contributed by atoms with Gasteiger partial charge in [0.1, 0.15) is 0 Å². The smallest absolute Gasteiger partial charge is 0.229 e. The van der Waals surface area contributed by atoms with Crippen molar-refractivity contribution in [1.29, 1.82) is 0 Å². The number of aryl methyl sites for hydroxylation is 1. The first-order valence-corrected chi connectivity index (χ1v) is 9.16. The first-order chi connectivity index (χ1) is 12.3. The Labute approximate surface area is 154 Å². The molecule has 0 bridgehead atoms. The van der Waals surface area contributed by atoms with Crippen LogP contribution in [-0.2, 0) is 9.59 Å². The molecule has 0 aliphatic carbocycles. The van der Waals surface area contributed by atoms with Crippen LogP contribution in [0.4, 0.5) is 13.9 Å². The van der Waals surface area contributed by atoms with Gasteiger partial charge < -0.3 is 10.2 Å². The van der Waals surface area contributed by atoms with Crippen LogP contribution in [0.2, 0.25) is 0 Å². The van der Waals surface area contributed by atoms with E-state index in [0.717, 1.165) is 17.0 Å². The summed E-state index contributed by atoms with van der Waals surface area (Å²) in [5, 5.41) is 3.24. The number of halogens is 2. The second-order valence-electron chi connectivity index (χ2n) is 6.32. The number of piperidine rings is 1. The van der Waals surface area contributed by atoms with Crippen molar-refractivity contribution in [3.8, 4) is 11.3 Å². The molecular weight excluding hydrogens is 360 g/mol. The zero-order valence-corrected chi connectivity index (χ0v) is 15.3. The van der Waals surface area contributed by atoms with Gasteiger partial charge >= 0.3 is 0 Å². The summed E-state index contributed by atoms with van der Waals surface area (Å²) in [6, 6.07) is 3.62. The molecule has 1 N–H and O–H groups in total. The molecule has 1 fully saturated rings. The van der Waals surface area contributed by atoms with Crippen molar-refractivity contribution in [3.05, 3.63) is 34.7 Å². The van der Waals surface area contributed by atoms with Crippen LogP contribution >= 0.6 is 11.3 Å². The quantitative estimate of drug-likeness (QED) is 0.886. The molecule has 0 unspecified atom stereocenters. The van der Waals surface area contributed by atoms with Gasteiger partial charge in [-0.25, -0.2) is 13.8 Å². The topological polar surface area (TPSA) is 62.3 Å². The largest absolute Gasteiger partial charge is 0.343 e. The van der Waals surface area contributed by atoms with E-state index < -0.39 is 11.6 Å². The maximum absolute atomic E-state index is 13.4. The minimum absolute atomic E-state index is 0.0237. The highest BCUT2D eigenvalue weighted by molar-refractivity contribution is 7.16. The number of thiazole rings is 1. The van der Waals surface area contributed by atoms with E-state index in [2.05, 4.69) is 10.3 Å². The lowest BCUT2D eigenvalue weighted by Crippen LogP contribution is -2.40. The van der Waals surface area contributed by atoms with Crippen molar-refractivity contribution in [1.82, 2.24) is 9.88 Å². The molecule has 2 amide bonds. The van der Waals surface area contributed by atoms with Gasteiger partial charge in [-0.05, 0) is 38.0 Å². The summed E-state index contributed by atoms with van der Waals surface area (Å²) in [4.78, 5) is 30.7. The van der Waals surface area contributed by atoms with E-state index in [-0.39, 0.29) is 17.7 Å². The van der Waals surface area contributed by atoms with Crippen molar-refractivity contribution < 1.29 is 18.4 Å². The highest BCUT2D eigenvalue weighted by Crippen LogP contribution is 2.31. The van der Waals surface area contributed by atoms with Gasteiger partial charge in [0.2, 0.25) is 11.8 Å². The average Bonchev–Trinajstić information content (AvgIpc) is 2.97. The Bertz CT molecular complexity index is 845. The van der Waals surface area contributed by atoms with E-state index in [0.29, 0.717) is 42.3 Å². The van der Waals surface area contributed by atoms with Gasteiger partial charge in [-0.3, -0.25) is 9.59 Å². The number of anilines is 1. The number of nitrogens with zero attached hydrogens (tertiary/aromatic N) is 2. The lowest BCUT2D eigenvalue weighted by atomic mass is 9.96. The maximum Gasteiger partial charge on any atom is 0.229 e. The zero-order valence-electron chi connectivity index (χ0n) is 14.5. The number of carbonyl (C=O) groups is 2. The predicted molar refractivity (Wildman–Crippen MR) is 95.8 cm³/mol. The van der Waals surface area contributed by atoms with Crippen LogP contribution in [-0.4, -0.2) is 34.8 Å². The molecule has 1 aliphatic rings. The molecule has 1 aromatic carbocycles. The molecule has 1 aromatic heterocycles. The molecule has 0 spiro atoms. The number of aromatic nitrogens is 1. The summed E-state index contributed by atoms with van der Waals surface area (Å²) in [6.07, 6.45) is 1.23. The molecule has 5 nitrogen and oxygen atoms in total. The summed E-state index contributed by atoms with van der Waals surface area (Å²) in [5.74, 6) is -2.11. The first kappa shape index (κ1) is 18.4. The number of rotatable bonds is 3. The maximum atomic E-state index is 13.4. The highest BCUT2D eigenvalue weighted by Gasteiger charge is 2.26. The minimum Gasteiger partial charge on any atom is -0.343 e. The Balaban J connectivity index is 1.68. The fourth-order valence-electron chi connectivity index (χ4n) is 3.03. The van der Waals surface area contributed by atoms with Gasteiger partial charge in [0.05, 0.1) is 5.69 Å². The van der Waals surface area contributed by atoms with Gasteiger partial charge in [-0.15, -0.1) is 11.3 Å². The Kier molecular flexibility index (Phi) is 5.31. The van der Waals surface area contributed by atoms with E-state index in [9.17, 15) is 18.4 Å². The van der Waals surface area contributed by atoms with Gasteiger partial charge in [-0.2, -0.15) is 0 Å². The normalized spacial score (nSPS) is 15.2. The van der Waals surface area contributed by atoms with E-state index in [1.807, 2.05) is 6.92 Å². The molecule has 0 radical (unpaired) electrons. The van der Waals surface area contributed by atoms with Gasteiger partial charge in [0, 0.05) is 36.4 Å². The Morgan fingerprint density at radius 3 is 2.54 bits per heavy atom. The molecule has 1 saturated heterocycles. The number of benzene rings is 1. The number of hydrogen-bond acceptors (Lipinski definition) is 4. The van der Waals surface area contributed by atoms with Crippen LogP contribution in [0.25, 0.3) is 11.3 Å². The van der Waals surface area contributed by atoms with Crippen LogP contribution in [0.3, 0.4) is 0 Å². The summed E-state index contributed by atoms with van der Waals surface area (Å²) < 4.78 is 26.5. The predicted octanol–water partition coefficient (Wildman–Crippen LogP) is 3.59. The molecular formula is C18H19F2N3O2S. The van der Waals surface area contributed by atoms with E-state index in [4.69, 9.17) is 0 Å². The fourth-order valence-corrected chi connectivity index (χ4v) is 3.86. The number of carbonyl (C=O) groups excluding carboxylic acids is 2. The summed E-state index contributed by atoms with van der Waals surface area (Å²) in [7, 11) is 0. The second kappa shape index (κ2) is 7.49. The summed E-state index contributed by atoms with van der Waals surface area (Å²) in [5.41, 5.74) is 0.989. The molecule has 2 aromatic rings. The third-order valence-electron chi connectivity index (χ3n) is 4.53. The van der Waals surface area contributed by atoms with Crippen LogP contribution in [0, 0.1) is 24.5 Å². The van der Waals surface area contributed by atoms with Gasteiger partial charge in [-0.1, -0.05) is 0 Å². The van der Waals surface area contributed by atoms with Crippen LogP contribution in [0.15, 0.2) is 18.2 Å². The lowest BCUT2D eigenvalue weighted by Gasteiger charge is -2.30. The minimum atomic E-state index is -0.933. The molecule has 3 rings (SSSR count).